The number of carbonyl (C=O) groups excluding carboxylic acids is 3. The summed E-state index contributed by atoms with van der Waals surface area (Å²) in [6.07, 6.45) is -2.12. The maximum atomic E-state index is 11.8. The first-order valence-electron chi connectivity index (χ1n) is 8.82. The van der Waals surface area contributed by atoms with Crippen molar-refractivity contribution in [1.82, 2.24) is 0 Å². The molecule has 0 spiro atoms. The standard InChI is InChI=1S/C19H25NO9/c1-5-26-18(25)27-11(2)9-19(20,17(23)24)10-14-6-7-15(28-12(3)21)16(8-14)29-13(4)22/h6-8,11H,5,9-10,20H2,1-4H3,(H,23,24)/t11-,19?/m0/s1. The fourth-order valence-corrected chi connectivity index (χ4v) is 2.61. The molecule has 1 aromatic carbocycles. The Labute approximate surface area is 167 Å². The highest BCUT2D eigenvalue weighted by Crippen LogP contribution is 2.31. The molecule has 0 aliphatic rings. The molecule has 0 heterocycles. The first-order valence-corrected chi connectivity index (χ1v) is 8.82. The molecule has 0 saturated carbocycles. The Hall–Kier alpha value is -3.14. The summed E-state index contributed by atoms with van der Waals surface area (Å²) < 4.78 is 19.7. The van der Waals surface area contributed by atoms with E-state index in [1.54, 1.807) is 6.92 Å². The first-order chi connectivity index (χ1) is 13.5. The molecule has 3 N–H and O–H groups in total. The van der Waals surface area contributed by atoms with Crippen LogP contribution in [-0.4, -0.2) is 47.4 Å². The van der Waals surface area contributed by atoms with Gasteiger partial charge in [0, 0.05) is 26.7 Å². The van der Waals surface area contributed by atoms with E-state index in [4.69, 9.17) is 19.9 Å². The van der Waals surface area contributed by atoms with Crippen LogP contribution in [0.3, 0.4) is 0 Å². The Morgan fingerprint density at radius 2 is 1.69 bits per heavy atom. The topological polar surface area (TPSA) is 151 Å². The van der Waals surface area contributed by atoms with Crippen molar-refractivity contribution in [3.63, 3.8) is 0 Å². The summed E-state index contributed by atoms with van der Waals surface area (Å²) in [5.41, 5.74) is 4.69. The number of ether oxygens (including phenoxy) is 4. The van der Waals surface area contributed by atoms with Gasteiger partial charge >= 0.3 is 24.1 Å². The number of hydrogen-bond donors (Lipinski definition) is 2. The lowest BCUT2D eigenvalue weighted by molar-refractivity contribution is -0.144. The van der Waals surface area contributed by atoms with Crippen LogP contribution in [-0.2, 0) is 30.3 Å². The molecule has 0 aliphatic carbocycles. The summed E-state index contributed by atoms with van der Waals surface area (Å²) in [6.45, 7) is 5.58. The number of nitrogens with two attached hydrogens (primary N) is 1. The smallest absolute Gasteiger partial charge is 0.480 e. The lowest BCUT2D eigenvalue weighted by Gasteiger charge is -2.28. The van der Waals surface area contributed by atoms with Gasteiger partial charge in [-0.05, 0) is 31.5 Å². The predicted octanol–water partition coefficient (Wildman–Crippen LogP) is 1.81. The fraction of sp³-hybridized carbons (Fsp3) is 0.474. The van der Waals surface area contributed by atoms with Crippen molar-refractivity contribution in [1.29, 1.82) is 0 Å². The number of benzene rings is 1. The van der Waals surface area contributed by atoms with E-state index in [9.17, 15) is 24.3 Å². The maximum absolute atomic E-state index is 11.8. The molecule has 29 heavy (non-hydrogen) atoms. The molecule has 0 bridgehead atoms. The maximum Gasteiger partial charge on any atom is 0.508 e. The molecule has 1 rings (SSSR count). The monoisotopic (exact) mass is 411 g/mol. The Morgan fingerprint density at radius 3 is 2.21 bits per heavy atom. The van der Waals surface area contributed by atoms with Crippen molar-refractivity contribution in [2.24, 2.45) is 5.73 Å². The molecule has 10 heteroatoms. The molecule has 1 unspecified atom stereocenters. The fourth-order valence-electron chi connectivity index (χ4n) is 2.61. The minimum Gasteiger partial charge on any atom is -0.480 e. The van der Waals surface area contributed by atoms with Crippen LogP contribution in [0.1, 0.15) is 39.7 Å². The van der Waals surface area contributed by atoms with Crippen LogP contribution in [0.2, 0.25) is 0 Å². The first kappa shape index (κ1) is 23.9. The number of rotatable bonds is 9. The highest BCUT2D eigenvalue weighted by atomic mass is 16.7. The van der Waals surface area contributed by atoms with Crippen molar-refractivity contribution in [3.8, 4) is 11.5 Å². The van der Waals surface area contributed by atoms with E-state index >= 15 is 0 Å². The predicted molar refractivity (Wildman–Crippen MR) is 99.5 cm³/mol. The lowest BCUT2D eigenvalue weighted by Crippen LogP contribution is -2.52. The van der Waals surface area contributed by atoms with E-state index < -0.39 is 35.7 Å². The van der Waals surface area contributed by atoms with Gasteiger partial charge in [0.25, 0.3) is 0 Å². The average molecular weight is 411 g/mol. The van der Waals surface area contributed by atoms with E-state index in [-0.39, 0.29) is 30.9 Å². The second-order valence-corrected chi connectivity index (χ2v) is 6.42. The van der Waals surface area contributed by atoms with Gasteiger partial charge in [-0.3, -0.25) is 14.4 Å². The summed E-state index contributed by atoms with van der Waals surface area (Å²) in [4.78, 5) is 45.7. The molecular formula is C19H25NO9. The number of carbonyl (C=O) groups is 4. The second-order valence-electron chi connectivity index (χ2n) is 6.42. The lowest BCUT2D eigenvalue weighted by atomic mass is 9.86. The molecule has 0 aromatic heterocycles. The van der Waals surface area contributed by atoms with Gasteiger partial charge in [-0.25, -0.2) is 4.79 Å². The summed E-state index contributed by atoms with van der Waals surface area (Å²) in [6, 6.07) is 4.23. The van der Waals surface area contributed by atoms with Gasteiger partial charge < -0.3 is 29.8 Å². The Bertz CT molecular complexity index is 777. The quantitative estimate of drug-likeness (QED) is 0.454. The van der Waals surface area contributed by atoms with Gasteiger partial charge in [0.1, 0.15) is 11.6 Å². The van der Waals surface area contributed by atoms with Crippen molar-refractivity contribution >= 4 is 24.1 Å². The van der Waals surface area contributed by atoms with Gasteiger partial charge in [0.2, 0.25) is 0 Å². The highest BCUT2D eigenvalue weighted by molar-refractivity contribution is 5.79. The molecule has 160 valence electrons. The molecule has 0 aliphatic heterocycles. The van der Waals surface area contributed by atoms with Crippen LogP contribution in [0.15, 0.2) is 18.2 Å². The molecule has 0 fully saturated rings. The SMILES string of the molecule is CCOC(=O)O[C@@H](C)CC(N)(Cc1ccc(OC(C)=O)c(OC(C)=O)c1)C(=O)O. The summed E-state index contributed by atoms with van der Waals surface area (Å²) in [5.74, 6) is -2.61. The Kier molecular flexibility index (Phi) is 8.58. The Balaban J connectivity index is 3.07. The molecule has 10 nitrogen and oxygen atoms in total. The van der Waals surface area contributed by atoms with Crippen LogP contribution in [0.4, 0.5) is 4.79 Å². The van der Waals surface area contributed by atoms with Crippen molar-refractivity contribution < 1.29 is 43.2 Å². The van der Waals surface area contributed by atoms with E-state index in [0.29, 0.717) is 5.56 Å². The van der Waals surface area contributed by atoms with Gasteiger partial charge in [-0.15, -0.1) is 0 Å². The molecule has 0 radical (unpaired) electrons. The zero-order valence-electron chi connectivity index (χ0n) is 16.7. The number of esters is 2. The average Bonchev–Trinajstić information content (AvgIpc) is 2.56. The van der Waals surface area contributed by atoms with E-state index in [2.05, 4.69) is 4.74 Å². The molecular weight excluding hydrogens is 386 g/mol. The van der Waals surface area contributed by atoms with E-state index in [0.717, 1.165) is 0 Å². The number of hydrogen-bond acceptors (Lipinski definition) is 9. The minimum absolute atomic E-state index is 0.00779. The van der Waals surface area contributed by atoms with Crippen LogP contribution in [0, 0.1) is 0 Å². The number of carboxylic acids is 1. The molecule has 0 saturated heterocycles. The second kappa shape index (κ2) is 10.4. The summed E-state index contributed by atoms with van der Waals surface area (Å²) in [7, 11) is 0. The van der Waals surface area contributed by atoms with Crippen LogP contribution in [0.25, 0.3) is 0 Å². The van der Waals surface area contributed by atoms with Gasteiger partial charge in [-0.1, -0.05) is 6.07 Å². The number of carboxylic acid groups (broad SMARTS) is 1. The van der Waals surface area contributed by atoms with Crippen LogP contribution >= 0.6 is 0 Å². The zero-order valence-corrected chi connectivity index (χ0v) is 16.7. The normalized spacial score (nSPS) is 13.6. The van der Waals surface area contributed by atoms with Crippen molar-refractivity contribution in [3.05, 3.63) is 23.8 Å². The number of aliphatic carboxylic acids is 1. The van der Waals surface area contributed by atoms with Gasteiger partial charge in [0.05, 0.1) is 6.61 Å². The third-order valence-electron chi connectivity index (χ3n) is 3.67. The molecule has 0 amide bonds. The third-order valence-corrected chi connectivity index (χ3v) is 3.67. The van der Waals surface area contributed by atoms with Crippen LogP contribution in [0.5, 0.6) is 11.5 Å². The van der Waals surface area contributed by atoms with Crippen molar-refractivity contribution in [2.45, 2.75) is 52.2 Å². The Morgan fingerprint density at radius 1 is 1.10 bits per heavy atom. The van der Waals surface area contributed by atoms with Gasteiger partial charge in [-0.2, -0.15) is 0 Å². The van der Waals surface area contributed by atoms with E-state index in [1.165, 1.54) is 39.0 Å². The van der Waals surface area contributed by atoms with Gasteiger partial charge in [0.15, 0.2) is 11.5 Å². The highest BCUT2D eigenvalue weighted by Gasteiger charge is 2.37. The molecule has 1 aromatic rings. The largest absolute Gasteiger partial charge is 0.508 e. The molecule has 2 atom stereocenters. The minimum atomic E-state index is -1.79. The van der Waals surface area contributed by atoms with E-state index in [1.807, 2.05) is 0 Å². The summed E-state index contributed by atoms with van der Waals surface area (Å²) in [5, 5.41) is 9.62. The summed E-state index contributed by atoms with van der Waals surface area (Å²) >= 11 is 0. The van der Waals surface area contributed by atoms with Crippen molar-refractivity contribution in [2.75, 3.05) is 6.61 Å². The third kappa shape index (κ3) is 7.78. The van der Waals surface area contributed by atoms with Crippen LogP contribution < -0.4 is 15.2 Å². The zero-order chi connectivity index (χ0) is 22.2.